The molecule has 1 fully saturated rings. The lowest BCUT2D eigenvalue weighted by Gasteiger charge is -2.39. The fraction of sp³-hybridized carbons (Fsp3) is 0.400. The summed E-state index contributed by atoms with van der Waals surface area (Å²) in [5, 5.41) is 21.4. The van der Waals surface area contributed by atoms with E-state index < -0.39 is 11.7 Å². The average molecular weight is 327 g/mol. The number of β-amino-alcohol motifs (C(OH)–C–C–N with tert-alkyl or cyclic N) is 1. The molecular formula is C20H25NO3. The minimum Gasteiger partial charge on any atom is -0.496 e. The molecule has 0 spiro atoms. The van der Waals surface area contributed by atoms with Gasteiger partial charge in [-0.1, -0.05) is 48.5 Å². The third kappa shape index (κ3) is 3.61. The number of ether oxygens (including phenoxy) is 1. The Morgan fingerprint density at radius 3 is 2.33 bits per heavy atom. The molecule has 0 saturated carbocycles. The van der Waals surface area contributed by atoms with Gasteiger partial charge >= 0.3 is 0 Å². The van der Waals surface area contributed by atoms with E-state index in [1.54, 1.807) is 7.11 Å². The molecule has 0 amide bonds. The van der Waals surface area contributed by atoms with Crippen molar-refractivity contribution in [1.82, 2.24) is 4.90 Å². The van der Waals surface area contributed by atoms with Gasteiger partial charge in [0.25, 0.3) is 0 Å². The molecule has 0 aromatic heterocycles. The fourth-order valence-corrected chi connectivity index (χ4v) is 3.43. The highest BCUT2D eigenvalue weighted by Gasteiger charge is 2.36. The molecule has 0 bridgehead atoms. The Kier molecular flexibility index (Phi) is 5.19. The molecular weight excluding hydrogens is 302 g/mol. The summed E-state index contributed by atoms with van der Waals surface area (Å²) in [5.41, 5.74) is 0.930. The van der Waals surface area contributed by atoms with E-state index in [4.69, 9.17) is 4.74 Å². The van der Waals surface area contributed by atoms with E-state index in [0.29, 0.717) is 19.4 Å². The van der Waals surface area contributed by atoms with Gasteiger partial charge in [0.2, 0.25) is 0 Å². The summed E-state index contributed by atoms with van der Waals surface area (Å²) in [4.78, 5) is 2.21. The Labute approximate surface area is 143 Å². The minimum absolute atomic E-state index is 0.497. The number of rotatable bonds is 5. The Bertz CT molecular complexity index is 651. The van der Waals surface area contributed by atoms with E-state index in [-0.39, 0.29) is 0 Å². The van der Waals surface area contributed by atoms with Crippen molar-refractivity contribution in [2.75, 3.05) is 26.7 Å². The number of benzene rings is 2. The summed E-state index contributed by atoms with van der Waals surface area (Å²) in [6, 6.07) is 17.4. The maximum absolute atomic E-state index is 11.1. The van der Waals surface area contributed by atoms with E-state index in [2.05, 4.69) is 4.90 Å². The lowest BCUT2D eigenvalue weighted by Crippen LogP contribution is -2.44. The maximum Gasteiger partial charge on any atom is 0.124 e. The third-order valence-electron chi connectivity index (χ3n) is 4.91. The molecule has 1 atom stereocenters. The Hall–Kier alpha value is -1.88. The van der Waals surface area contributed by atoms with Crippen molar-refractivity contribution in [3.8, 4) is 5.75 Å². The normalized spacial score (nSPS) is 19.0. The second kappa shape index (κ2) is 7.34. The summed E-state index contributed by atoms with van der Waals surface area (Å²) in [7, 11) is 1.63. The highest BCUT2D eigenvalue weighted by Crippen LogP contribution is 2.38. The van der Waals surface area contributed by atoms with Gasteiger partial charge in [0, 0.05) is 25.2 Å². The highest BCUT2D eigenvalue weighted by atomic mass is 16.5. The van der Waals surface area contributed by atoms with Gasteiger partial charge in [-0.3, -0.25) is 0 Å². The lowest BCUT2D eigenvalue weighted by molar-refractivity contribution is -0.0358. The topological polar surface area (TPSA) is 52.9 Å². The summed E-state index contributed by atoms with van der Waals surface area (Å²) < 4.78 is 5.40. The SMILES string of the molecule is COc1ccccc1C1(O)CCN(C[C@H](O)c2ccccc2)CC1. The van der Waals surface area contributed by atoms with Crippen LogP contribution in [0.4, 0.5) is 0 Å². The largest absolute Gasteiger partial charge is 0.496 e. The van der Waals surface area contributed by atoms with Crippen LogP contribution in [0.25, 0.3) is 0 Å². The number of methoxy groups -OCH3 is 1. The van der Waals surface area contributed by atoms with E-state index >= 15 is 0 Å². The molecule has 0 aliphatic carbocycles. The molecule has 1 saturated heterocycles. The molecule has 2 aromatic carbocycles. The smallest absolute Gasteiger partial charge is 0.124 e. The van der Waals surface area contributed by atoms with Crippen LogP contribution in [0.1, 0.15) is 30.1 Å². The van der Waals surface area contributed by atoms with E-state index in [1.165, 1.54) is 0 Å². The number of aliphatic hydroxyl groups excluding tert-OH is 1. The molecule has 2 aromatic rings. The van der Waals surface area contributed by atoms with Crippen molar-refractivity contribution < 1.29 is 14.9 Å². The van der Waals surface area contributed by atoms with Crippen LogP contribution in [0.15, 0.2) is 54.6 Å². The molecule has 3 rings (SSSR count). The Morgan fingerprint density at radius 2 is 1.67 bits per heavy atom. The predicted octanol–water partition coefficient (Wildman–Crippen LogP) is 2.71. The van der Waals surface area contributed by atoms with Crippen LogP contribution in [0, 0.1) is 0 Å². The maximum atomic E-state index is 11.1. The van der Waals surface area contributed by atoms with E-state index in [1.807, 2.05) is 54.6 Å². The summed E-state index contributed by atoms with van der Waals surface area (Å²) in [5.74, 6) is 0.734. The number of aliphatic hydroxyl groups is 2. The van der Waals surface area contributed by atoms with Crippen LogP contribution in [-0.2, 0) is 5.60 Å². The van der Waals surface area contributed by atoms with Crippen molar-refractivity contribution in [2.24, 2.45) is 0 Å². The van der Waals surface area contributed by atoms with E-state index in [9.17, 15) is 10.2 Å². The molecule has 0 unspecified atom stereocenters. The van der Waals surface area contributed by atoms with E-state index in [0.717, 1.165) is 30.0 Å². The fourth-order valence-electron chi connectivity index (χ4n) is 3.43. The Morgan fingerprint density at radius 1 is 1.04 bits per heavy atom. The first-order valence-electron chi connectivity index (χ1n) is 8.43. The summed E-state index contributed by atoms with van der Waals surface area (Å²) in [6.45, 7) is 2.09. The first kappa shape index (κ1) is 17.0. The number of para-hydroxylation sites is 1. The zero-order valence-corrected chi connectivity index (χ0v) is 14.1. The van der Waals surface area contributed by atoms with Crippen molar-refractivity contribution in [2.45, 2.75) is 24.5 Å². The standard InChI is InChI=1S/C20H25NO3/c1-24-19-10-6-5-9-17(19)20(23)11-13-21(14-12-20)15-18(22)16-7-3-2-4-8-16/h2-10,18,22-23H,11-15H2,1H3/t18-/m0/s1. The van der Waals surface area contributed by atoms with Gasteiger partial charge in [-0.05, 0) is 24.5 Å². The van der Waals surface area contributed by atoms with Crippen LogP contribution >= 0.6 is 0 Å². The third-order valence-corrected chi connectivity index (χ3v) is 4.91. The van der Waals surface area contributed by atoms with Gasteiger partial charge in [-0.2, -0.15) is 0 Å². The first-order chi connectivity index (χ1) is 11.6. The molecule has 2 N–H and O–H groups in total. The van der Waals surface area contributed by atoms with Gasteiger partial charge in [0.1, 0.15) is 5.75 Å². The number of hydrogen-bond acceptors (Lipinski definition) is 4. The molecule has 24 heavy (non-hydrogen) atoms. The molecule has 1 aliphatic heterocycles. The number of piperidine rings is 1. The first-order valence-corrected chi connectivity index (χ1v) is 8.43. The average Bonchev–Trinajstić information content (AvgIpc) is 2.64. The molecule has 4 nitrogen and oxygen atoms in total. The van der Waals surface area contributed by atoms with Crippen molar-refractivity contribution in [3.63, 3.8) is 0 Å². The van der Waals surface area contributed by atoms with Crippen molar-refractivity contribution >= 4 is 0 Å². The number of nitrogens with zero attached hydrogens (tertiary/aromatic N) is 1. The van der Waals surface area contributed by atoms with Crippen molar-refractivity contribution in [3.05, 3.63) is 65.7 Å². The van der Waals surface area contributed by atoms with Crippen molar-refractivity contribution in [1.29, 1.82) is 0 Å². The molecule has 0 radical (unpaired) electrons. The predicted molar refractivity (Wildman–Crippen MR) is 94.0 cm³/mol. The number of hydrogen-bond donors (Lipinski definition) is 2. The van der Waals surface area contributed by atoms with Crippen LogP contribution in [0.3, 0.4) is 0 Å². The number of likely N-dealkylation sites (tertiary alicyclic amines) is 1. The quantitative estimate of drug-likeness (QED) is 0.887. The second-order valence-electron chi connectivity index (χ2n) is 6.46. The zero-order chi connectivity index (χ0) is 17.0. The molecule has 4 heteroatoms. The Balaban J connectivity index is 1.63. The van der Waals surface area contributed by atoms with Gasteiger partial charge < -0.3 is 19.8 Å². The van der Waals surface area contributed by atoms with Crippen LogP contribution in [0.5, 0.6) is 5.75 Å². The van der Waals surface area contributed by atoms with Crippen LogP contribution < -0.4 is 4.74 Å². The molecule has 1 aliphatic rings. The zero-order valence-electron chi connectivity index (χ0n) is 14.1. The lowest BCUT2D eigenvalue weighted by atomic mass is 9.83. The van der Waals surface area contributed by atoms with Gasteiger partial charge in [-0.15, -0.1) is 0 Å². The van der Waals surface area contributed by atoms with Crippen LogP contribution in [0.2, 0.25) is 0 Å². The minimum atomic E-state index is -0.860. The summed E-state index contributed by atoms with van der Waals surface area (Å²) in [6.07, 6.45) is 0.771. The van der Waals surface area contributed by atoms with Gasteiger partial charge in [0.15, 0.2) is 0 Å². The summed E-state index contributed by atoms with van der Waals surface area (Å²) >= 11 is 0. The second-order valence-corrected chi connectivity index (χ2v) is 6.46. The highest BCUT2D eigenvalue weighted by molar-refractivity contribution is 5.38. The van der Waals surface area contributed by atoms with Crippen LogP contribution in [-0.4, -0.2) is 41.9 Å². The van der Waals surface area contributed by atoms with Gasteiger partial charge in [-0.25, -0.2) is 0 Å². The van der Waals surface area contributed by atoms with Gasteiger partial charge in [0.05, 0.1) is 18.8 Å². The molecule has 1 heterocycles. The monoisotopic (exact) mass is 327 g/mol. The molecule has 128 valence electrons.